The van der Waals surface area contributed by atoms with E-state index in [1.807, 2.05) is 17.9 Å². The molecule has 4 atom stereocenters. The van der Waals surface area contributed by atoms with Gasteiger partial charge in [-0.25, -0.2) is 0 Å². The zero-order valence-electron chi connectivity index (χ0n) is 11.5. The van der Waals surface area contributed by atoms with Crippen LogP contribution in [0, 0.1) is 11.8 Å². The lowest BCUT2D eigenvalue weighted by Crippen LogP contribution is -2.42. The van der Waals surface area contributed by atoms with E-state index in [1.165, 1.54) is 25.0 Å². The zero-order valence-corrected chi connectivity index (χ0v) is 11.5. The number of hydrogen-bond donors (Lipinski definition) is 1. The molecule has 1 aliphatic carbocycles. The second kappa shape index (κ2) is 5.21. The van der Waals surface area contributed by atoms with Crippen LogP contribution in [0.15, 0.2) is 12.3 Å². The highest BCUT2D eigenvalue weighted by atomic mass is 15.3. The van der Waals surface area contributed by atoms with Gasteiger partial charge in [0.1, 0.15) is 0 Å². The predicted octanol–water partition coefficient (Wildman–Crippen LogP) is 2.90. The first-order valence-electron chi connectivity index (χ1n) is 6.83. The molecule has 0 spiro atoms. The lowest BCUT2D eigenvalue weighted by Gasteiger charge is -2.36. The highest BCUT2D eigenvalue weighted by Gasteiger charge is 2.28. The summed E-state index contributed by atoms with van der Waals surface area (Å²) in [7, 11) is 2.01. The van der Waals surface area contributed by atoms with Gasteiger partial charge >= 0.3 is 0 Å². The molecule has 0 aliphatic heterocycles. The Hall–Kier alpha value is -0.830. The van der Waals surface area contributed by atoms with Crippen LogP contribution in [0.1, 0.15) is 51.8 Å². The highest BCUT2D eigenvalue weighted by Crippen LogP contribution is 2.30. The molecule has 2 rings (SSSR count). The third-order valence-electron chi connectivity index (χ3n) is 4.47. The summed E-state index contributed by atoms with van der Waals surface area (Å²) in [5.41, 5.74) is 1.27. The second-order valence-electron chi connectivity index (χ2n) is 5.64. The monoisotopic (exact) mass is 235 g/mol. The molecule has 17 heavy (non-hydrogen) atoms. The molecule has 1 saturated carbocycles. The topological polar surface area (TPSA) is 29.9 Å². The Kier molecular flexibility index (Phi) is 3.87. The maximum absolute atomic E-state index is 4.24. The van der Waals surface area contributed by atoms with Gasteiger partial charge in [-0.3, -0.25) is 4.68 Å². The van der Waals surface area contributed by atoms with Gasteiger partial charge in [0, 0.05) is 25.3 Å². The van der Waals surface area contributed by atoms with Gasteiger partial charge in [-0.1, -0.05) is 26.7 Å². The number of hydrogen-bond acceptors (Lipinski definition) is 2. The number of nitrogens with zero attached hydrogens (tertiary/aromatic N) is 2. The first kappa shape index (κ1) is 12.6. The molecule has 0 amide bonds. The maximum atomic E-state index is 4.24. The van der Waals surface area contributed by atoms with Gasteiger partial charge in [0.15, 0.2) is 0 Å². The van der Waals surface area contributed by atoms with Crippen LogP contribution in [0.5, 0.6) is 0 Å². The van der Waals surface area contributed by atoms with Crippen molar-refractivity contribution in [1.29, 1.82) is 0 Å². The van der Waals surface area contributed by atoms with E-state index in [-0.39, 0.29) is 0 Å². The summed E-state index contributed by atoms with van der Waals surface area (Å²) in [6, 6.07) is 3.15. The predicted molar refractivity (Wildman–Crippen MR) is 70.7 cm³/mol. The first-order valence-corrected chi connectivity index (χ1v) is 6.83. The van der Waals surface area contributed by atoms with Gasteiger partial charge < -0.3 is 5.32 Å². The molecule has 1 heterocycles. The summed E-state index contributed by atoms with van der Waals surface area (Å²) < 4.78 is 1.97. The van der Waals surface area contributed by atoms with Gasteiger partial charge in [0.05, 0.1) is 5.69 Å². The van der Waals surface area contributed by atoms with Gasteiger partial charge in [-0.15, -0.1) is 0 Å². The minimum Gasteiger partial charge on any atom is -0.306 e. The van der Waals surface area contributed by atoms with E-state index in [2.05, 4.69) is 37.3 Å². The number of rotatable bonds is 3. The fraction of sp³-hybridized carbons (Fsp3) is 0.786. The van der Waals surface area contributed by atoms with Crippen molar-refractivity contribution in [1.82, 2.24) is 15.1 Å². The standard InChI is InChI=1S/C14H25N3/c1-10-6-5-7-13(11(10)2)16-12(3)14-8-9-15-17(14)4/h8-13,16H,5-7H2,1-4H3. The smallest absolute Gasteiger partial charge is 0.0547 e. The molecule has 3 nitrogen and oxygen atoms in total. The van der Waals surface area contributed by atoms with E-state index < -0.39 is 0 Å². The zero-order chi connectivity index (χ0) is 12.4. The fourth-order valence-electron chi connectivity index (χ4n) is 3.03. The van der Waals surface area contributed by atoms with Crippen molar-refractivity contribution < 1.29 is 0 Å². The third-order valence-corrected chi connectivity index (χ3v) is 4.47. The molecule has 1 fully saturated rings. The molecule has 1 aromatic rings. The van der Waals surface area contributed by atoms with Crippen LogP contribution in [0.25, 0.3) is 0 Å². The van der Waals surface area contributed by atoms with Gasteiger partial charge in [0.25, 0.3) is 0 Å². The summed E-state index contributed by atoms with van der Waals surface area (Å²) in [4.78, 5) is 0. The van der Waals surface area contributed by atoms with E-state index >= 15 is 0 Å². The number of nitrogens with one attached hydrogen (secondary N) is 1. The third kappa shape index (κ3) is 2.71. The Morgan fingerprint density at radius 2 is 2.18 bits per heavy atom. The van der Waals surface area contributed by atoms with Crippen molar-refractivity contribution in [3.05, 3.63) is 18.0 Å². The van der Waals surface area contributed by atoms with Crippen molar-refractivity contribution >= 4 is 0 Å². The van der Waals surface area contributed by atoms with E-state index in [4.69, 9.17) is 0 Å². The second-order valence-corrected chi connectivity index (χ2v) is 5.64. The minimum atomic E-state index is 0.389. The Balaban J connectivity index is 1.98. The van der Waals surface area contributed by atoms with Crippen LogP contribution in [-0.4, -0.2) is 15.8 Å². The maximum Gasteiger partial charge on any atom is 0.0547 e. The summed E-state index contributed by atoms with van der Waals surface area (Å²) >= 11 is 0. The SMILES string of the molecule is CC(NC1CCCC(C)C1C)c1ccnn1C. The van der Waals surface area contributed by atoms with Crippen LogP contribution in [0.3, 0.4) is 0 Å². The summed E-state index contributed by atoms with van der Waals surface area (Å²) in [5.74, 6) is 1.62. The molecule has 1 aromatic heterocycles. The van der Waals surface area contributed by atoms with Crippen molar-refractivity contribution in [3.8, 4) is 0 Å². The van der Waals surface area contributed by atoms with E-state index in [0.717, 1.165) is 11.8 Å². The van der Waals surface area contributed by atoms with Crippen molar-refractivity contribution in [2.45, 2.75) is 52.1 Å². The Labute approximate surface area is 105 Å². The fourth-order valence-corrected chi connectivity index (χ4v) is 3.03. The number of aromatic nitrogens is 2. The lowest BCUT2D eigenvalue weighted by atomic mass is 9.78. The molecular weight excluding hydrogens is 210 g/mol. The van der Waals surface area contributed by atoms with Crippen LogP contribution < -0.4 is 5.32 Å². The Bertz CT molecular complexity index is 358. The lowest BCUT2D eigenvalue weighted by molar-refractivity contribution is 0.195. The van der Waals surface area contributed by atoms with Crippen LogP contribution in [0.4, 0.5) is 0 Å². The van der Waals surface area contributed by atoms with Gasteiger partial charge in [-0.2, -0.15) is 5.10 Å². The first-order chi connectivity index (χ1) is 8.09. The summed E-state index contributed by atoms with van der Waals surface area (Å²) in [5, 5.41) is 8.02. The molecule has 0 radical (unpaired) electrons. The van der Waals surface area contributed by atoms with Gasteiger partial charge in [-0.05, 0) is 31.2 Å². The molecule has 96 valence electrons. The molecular formula is C14H25N3. The minimum absolute atomic E-state index is 0.389. The molecule has 1 aliphatic rings. The largest absolute Gasteiger partial charge is 0.306 e. The Morgan fingerprint density at radius 1 is 1.41 bits per heavy atom. The molecule has 0 aromatic carbocycles. The molecule has 4 unspecified atom stereocenters. The average molecular weight is 235 g/mol. The average Bonchev–Trinajstić information content (AvgIpc) is 2.71. The summed E-state index contributed by atoms with van der Waals surface area (Å²) in [6.45, 7) is 7.01. The molecule has 3 heteroatoms. The van der Waals surface area contributed by atoms with Crippen molar-refractivity contribution in [2.75, 3.05) is 0 Å². The molecule has 1 N–H and O–H groups in total. The quantitative estimate of drug-likeness (QED) is 0.873. The Morgan fingerprint density at radius 3 is 2.82 bits per heavy atom. The highest BCUT2D eigenvalue weighted by molar-refractivity contribution is 5.06. The van der Waals surface area contributed by atoms with E-state index in [9.17, 15) is 0 Å². The number of aryl methyl sites for hydroxylation is 1. The van der Waals surface area contributed by atoms with Gasteiger partial charge in [0.2, 0.25) is 0 Å². The normalized spacial score (nSPS) is 31.4. The van der Waals surface area contributed by atoms with E-state index in [1.54, 1.807) is 0 Å². The van der Waals surface area contributed by atoms with E-state index in [0.29, 0.717) is 12.1 Å². The molecule has 0 saturated heterocycles. The van der Waals surface area contributed by atoms with Crippen LogP contribution in [0.2, 0.25) is 0 Å². The van der Waals surface area contributed by atoms with Crippen molar-refractivity contribution in [3.63, 3.8) is 0 Å². The van der Waals surface area contributed by atoms with Crippen LogP contribution in [-0.2, 0) is 7.05 Å². The summed E-state index contributed by atoms with van der Waals surface area (Å²) in [6.07, 6.45) is 5.94. The van der Waals surface area contributed by atoms with Crippen molar-refractivity contribution in [2.24, 2.45) is 18.9 Å². The van der Waals surface area contributed by atoms with Crippen LogP contribution >= 0.6 is 0 Å². The molecule has 0 bridgehead atoms.